The SMILES string of the molecule is NC(=O)CC(N)C(=O)NCCc1cccnc1. The van der Waals surface area contributed by atoms with Gasteiger partial charge in [-0.05, 0) is 18.1 Å². The van der Waals surface area contributed by atoms with Crippen LogP contribution in [-0.2, 0) is 16.0 Å². The second kappa shape index (κ2) is 6.59. The van der Waals surface area contributed by atoms with Gasteiger partial charge in [-0.25, -0.2) is 0 Å². The van der Waals surface area contributed by atoms with Gasteiger partial charge in [-0.3, -0.25) is 14.6 Å². The van der Waals surface area contributed by atoms with Gasteiger partial charge in [0.25, 0.3) is 0 Å². The molecule has 0 aliphatic carbocycles. The lowest BCUT2D eigenvalue weighted by atomic mass is 10.2. The third-order valence-electron chi connectivity index (χ3n) is 2.19. The molecule has 0 aliphatic rings. The Hall–Kier alpha value is -1.95. The number of hydrogen-bond donors (Lipinski definition) is 3. The molecule has 0 spiro atoms. The fourth-order valence-electron chi connectivity index (χ4n) is 1.32. The quantitative estimate of drug-likeness (QED) is 0.584. The van der Waals surface area contributed by atoms with Crippen LogP contribution in [0.5, 0.6) is 0 Å². The normalized spacial score (nSPS) is 11.8. The summed E-state index contributed by atoms with van der Waals surface area (Å²) in [6, 6.07) is 2.87. The van der Waals surface area contributed by atoms with E-state index in [2.05, 4.69) is 10.3 Å². The summed E-state index contributed by atoms with van der Waals surface area (Å²) < 4.78 is 0. The molecular formula is C11H16N4O2. The number of rotatable bonds is 6. The molecule has 0 saturated carbocycles. The van der Waals surface area contributed by atoms with E-state index in [-0.39, 0.29) is 12.3 Å². The Balaban J connectivity index is 2.27. The van der Waals surface area contributed by atoms with Crippen LogP contribution in [-0.4, -0.2) is 29.4 Å². The third kappa shape index (κ3) is 5.07. The van der Waals surface area contributed by atoms with Gasteiger partial charge in [-0.15, -0.1) is 0 Å². The van der Waals surface area contributed by atoms with Gasteiger partial charge in [0.2, 0.25) is 11.8 Å². The van der Waals surface area contributed by atoms with Crippen LogP contribution in [0, 0.1) is 0 Å². The number of hydrogen-bond acceptors (Lipinski definition) is 4. The number of primary amides is 1. The molecule has 1 aromatic heterocycles. The lowest BCUT2D eigenvalue weighted by Crippen LogP contribution is -2.43. The summed E-state index contributed by atoms with van der Waals surface area (Å²) >= 11 is 0. The van der Waals surface area contributed by atoms with E-state index in [0.717, 1.165) is 5.56 Å². The monoisotopic (exact) mass is 236 g/mol. The fourth-order valence-corrected chi connectivity index (χ4v) is 1.32. The summed E-state index contributed by atoms with van der Waals surface area (Å²) in [5.41, 5.74) is 11.4. The third-order valence-corrected chi connectivity index (χ3v) is 2.19. The number of pyridine rings is 1. The molecular weight excluding hydrogens is 220 g/mol. The first-order valence-electron chi connectivity index (χ1n) is 5.30. The highest BCUT2D eigenvalue weighted by Gasteiger charge is 2.14. The van der Waals surface area contributed by atoms with Gasteiger partial charge in [0.1, 0.15) is 0 Å². The Bertz CT molecular complexity index is 380. The van der Waals surface area contributed by atoms with E-state index < -0.39 is 11.9 Å². The maximum absolute atomic E-state index is 11.4. The lowest BCUT2D eigenvalue weighted by Gasteiger charge is -2.10. The van der Waals surface area contributed by atoms with Crippen molar-refractivity contribution in [3.63, 3.8) is 0 Å². The van der Waals surface area contributed by atoms with E-state index in [1.807, 2.05) is 12.1 Å². The van der Waals surface area contributed by atoms with Gasteiger partial charge >= 0.3 is 0 Å². The molecule has 92 valence electrons. The molecule has 1 rings (SSSR count). The molecule has 0 aromatic carbocycles. The fraction of sp³-hybridized carbons (Fsp3) is 0.364. The molecule has 0 fully saturated rings. The van der Waals surface area contributed by atoms with Crippen molar-refractivity contribution in [3.05, 3.63) is 30.1 Å². The molecule has 1 heterocycles. The minimum atomic E-state index is -0.874. The molecule has 5 N–H and O–H groups in total. The summed E-state index contributed by atoms with van der Waals surface area (Å²) in [7, 11) is 0. The van der Waals surface area contributed by atoms with Crippen LogP contribution in [0.1, 0.15) is 12.0 Å². The first-order valence-corrected chi connectivity index (χ1v) is 5.30. The van der Waals surface area contributed by atoms with Crippen LogP contribution in [0.2, 0.25) is 0 Å². The molecule has 0 aliphatic heterocycles. The van der Waals surface area contributed by atoms with Crippen molar-refractivity contribution < 1.29 is 9.59 Å². The number of carbonyl (C=O) groups is 2. The van der Waals surface area contributed by atoms with Crippen molar-refractivity contribution in [2.75, 3.05) is 6.54 Å². The van der Waals surface area contributed by atoms with Crippen LogP contribution >= 0.6 is 0 Å². The zero-order chi connectivity index (χ0) is 12.7. The number of aromatic nitrogens is 1. The maximum atomic E-state index is 11.4. The van der Waals surface area contributed by atoms with Crippen LogP contribution in [0.3, 0.4) is 0 Å². The molecule has 1 atom stereocenters. The molecule has 6 heteroatoms. The first-order chi connectivity index (χ1) is 8.09. The van der Waals surface area contributed by atoms with Crippen LogP contribution in [0.4, 0.5) is 0 Å². The van der Waals surface area contributed by atoms with E-state index in [1.54, 1.807) is 12.4 Å². The standard InChI is InChI=1S/C11H16N4O2/c12-9(6-10(13)16)11(17)15-5-3-8-2-1-4-14-7-8/h1-2,4,7,9H,3,5-6,12H2,(H2,13,16)(H,15,17). The average molecular weight is 236 g/mol. The van der Waals surface area contributed by atoms with Crippen molar-refractivity contribution in [2.45, 2.75) is 18.9 Å². The molecule has 0 saturated heterocycles. The van der Waals surface area contributed by atoms with Crippen LogP contribution < -0.4 is 16.8 Å². The highest BCUT2D eigenvalue weighted by molar-refractivity contribution is 5.87. The van der Waals surface area contributed by atoms with Crippen LogP contribution in [0.15, 0.2) is 24.5 Å². The van der Waals surface area contributed by atoms with Crippen LogP contribution in [0.25, 0.3) is 0 Å². The van der Waals surface area contributed by atoms with Crippen molar-refractivity contribution in [1.29, 1.82) is 0 Å². The first kappa shape index (κ1) is 13.1. The topological polar surface area (TPSA) is 111 Å². The van der Waals surface area contributed by atoms with E-state index in [9.17, 15) is 9.59 Å². The van der Waals surface area contributed by atoms with Crippen molar-refractivity contribution in [1.82, 2.24) is 10.3 Å². The molecule has 0 radical (unpaired) electrons. The summed E-state index contributed by atoms with van der Waals surface area (Å²) in [5, 5.41) is 2.64. The number of nitrogens with two attached hydrogens (primary N) is 2. The Morgan fingerprint density at radius 1 is 1.47 bits per heavy atom. The van der Waals surface area contributed by atoms with Gasteiger partial charge in [0.15, 0.2) is 0 Å². The molecule has 2 amide bonds. The lowest BCUT2D eigenvalue weighted by molar-refractivity contribution is -0.126. The predicted molar refractivity (Wildman–Crippen MR) is 62.7 cm³/mol. The van der Waals surface area contributed by atoms with Crippen molar-refractivity contribution in [2.24, 2.45) is 11.5 Å². The Morgan fingerprint density at radius 3 is 2.82 bits per heavy atom. The number of amides is 2. The smallest absolute Gasteiger partial charge is 0.237 e. The minimum Gasteiger partial charge on any atom is -0.370 e. The molecule has 1 aromatic rings. The van der Waals surface area contributed by atoms with E-state index >= 15 is 0 Å². The minimum absolute atomic E-state index is 0.140. The van der Waals surface area contributed by atoms with Crippen molar-refractivity contribution in [3.8, 4) is 0 Å². The van der Waals surface area contributed by atoms with E-state index in [0.29, 0.717) is 13.0 Å². The zero-order valence-electron chi connectivity index (χ0n) is 9.43. The number of nitrogens with one attached hydrogen (secondary N) is 1. The molecule has 0 bridgehead atoms. The second-order valence-corrected chi connectivity index (χ2v) is 3.68. The summed E-state index contributed by atoms with van der Waals surface area (Å²) in [6.45, 7) is 0.455. The summed E-state index contributed by atoms with van der Waals surface area (Å²) in [6.07, 6.45) is 3.95. The van der Waals surface area contributed by atoms with E-state index in [4.69, 9.17) is 11.5 Å². The summed E-state index contributed by atoms with van der Waals surface area (Å²) in [4.78, 5) is 25.9. The zero-order valence-corrected chi connectivity index (χ0v) is 9.43. The van der Waals surface area contributed by atoms with Gasteiger partial charge in [-0.1, -0.05) is 6.07 Å². The molecule has 6 nitrogen and oxygen atoms in total. The summed E-state index contributed by atoms with van der Waals surface area (Å²) in [5.74, 6) is -0.951. The van der Waals surface area contributed by atoms with Gasteiger partial charge in [0, 0.05) is 18.9 Å². The van der Waals surface area contributed by atoms with E-state index in [1.165, 1.54) is 0 Å². The number of nitrogens with zero attached hydrogens (tertiary/aromatic N) is 1. The number of carbonyl (C=O) groups excluding carboxylic acids is 2. The highest BCUT2D eigenvalue weighted by Crippen LogP contribution is 1.95. The Labute approximate surface area is 99.4 Å². The highest BCUT2D eigenvalue weighted by atomic mass is 16.2. The Morgan fingerprint density at radius 2 is 2.24 bits per heavy atom. The Kier molecular flexibility index (Phi) is 5.09. The van der Waals surface area contributed by atoms with Gasteiger partial charge < -0.3 is 16.8 Å². The average Bonchev–Trinajstić information content (AvgIpc) is 2.29. The molecule has 1 unspecified atom stereocenters. The largest absolute Gasteiger partial charge is 0.370 e. The second-order valence-electron chi connectivity index (χ2n) is 3.68. The predicted octanol–water partition coefficient (Wildman–Crippen LogP) is -1.06. The van der Waals surface area contributed by atoms with Gasteiger partial charge in [0.05, 0.1) is 12.5 Å². The molecule has 17 heavy (non-hydrogen) atoms. The maximum Gasteiger partial charge on any atom is 0.237 e. The van der Waals surface area contributed by atoms with Crippen molar-refractivity contribution >= 4 is 11.8 Å². The van der Waals surface area contributed by atoms with Gasteiger partial charge in [-0.2, -0.15) is 0 Å².